The fraction of sp³-hybridized carbons (Fsp3) is 0.105. The third-order valence-corrected chi connectivity index (χ3v) is 4.10. The third kappa shape index (κ3) is 4.24. The molecule has 3 rings (SSSR count). The Kier molecular flexibility index (Phi) is 5.81. The zero-order valence-electron chi connectivity index (χ0n) is 15.1. The molecule has 1 heterocycles. The lowest BCUT2D eigenvalue weighted by molar-refractivity contribution is 0.0950. The van der Waals surface area contributed by atoms with E-state index in [0.717, 1.165) is 5.56 Å². The number of H-pyrrole nitrogens is 1. The molecule has 0 saturated heterocycles. The first kappa shape index (κ1) is 19.2. The number of aromatic amines is 1. The zero-order chi connectivity index (χ0) is 20.1. The largest absolute Gasteiger partial charge is 0.502 e. The average molecular weight is 401 g/mol. The summed E-state index contributed by atoms with van der Waals surface area (Å²) >= 11 is 5.87. The molecule has 0 spiro atoms. The maximum Gasteiger partial charge on any atom is 0.289 e. The van der Waals surface area contributed by atoms with Crippen molar-refractivity contribution in [1.82, 2.24) is 15.6 Å². The summed E-state index contributed by atoms with van der Waals surface area (Å²) in [6, 6.07) is 11.8. The van der Waals surface area contributed by atoms with Crippen LogP contribution in [0.1, 0.15) is 16.1 Å². The fourth-order valence-corrected chi connectivity index (χ4v) is 2.55. The highest BCUT2D eigenvalue weighted by Crippen LogP contribution is 2.36. The lowest BCUT2D eigenvalue weighted by atomic mass is 10.1. The molecule has 144 valence electrons. The van der Waals surface area contributed by atoms with Crippen molar-refractivity contribution < 1.29 is 19.4 Å². The number of hydrazone groups is 1. The molecule has 0 aliphatic rings. The molecule has 0 fully saturated rings. The summed E-state index contributed by atoms with van der Waals surface area (Å²) in [7, 11) is 2.85. The fourth-order valence-electron chi connectivity index (χ4n) is 2.42. The Labute approximate surface area is 165 Å². The number of ether oxygens (including phenoxy) is 2. The van der Waals surface area contributed by atoms with Gasteiger partial charge in [0.1, 0.15) is 5.69 Å². The van der Waals surface area contributed by atoms with Crippen LogP contribution in [0.25, 0.3) is 11.3 Å². The first-order valence-electron chi connectivity index (χ1n) is 8.11. The molecule has 0 aliphatic carbocycles. The number of amides is 1. The summed E-state index contributed by atoms with van der Waals surface area (Å²) in [5.74, 6) is -0.110. The van der Waals surface area contributed by atoms with Crippen LogP contribution in [0.2, 0.25) is 5.02 Å². The van der Waals surface area contributed by atoms with Gasteiger partial charge in [-0.05, 0) is 30.3 Å². The van der Waals surface area contributed by atoms with Crippen molar-refractivity contribution in [2.75, 3.05) is 14.2 Å². The minimum absolute atomic E-state index is 0.113. The topological polar surface area (TPSA) is 109 Å². The van der Waals surface area contributed by atoms with Gasteiger partial charge in [0.2, 0.25) is 5.75 Å². The van der Waals surface area contributed by atoms with E-state index in [9.17, 15) is 9.90 Å². The molecule has 0 saturated carbocycles. The van der Waals surface area contributed by atoms with Gasteiger partial charge in [-0.15, -0.1) is 0 Å². The second-order valence-electron chi connectivity index (χ2n) is 5.65. The predicted octanol–water partition coefficient (Wildman–Crippen LogP) is 3.22. The number of nitrogens with one attached hydrogen (secondary N) is 2. The number of carbonyl (C=O) groups excluding carboxylic acids is 1. The SMILES string of the molecule is COc1cc(/C=N/NC(=O)c2cc(-c3ccc(Cl)cc3)n[nH]2)cc(OC)c1O. The number of phenolic OH excluding ortho intramolecular Hbond substituents is 1. The third-order valence-electron chi connectivity index (χ3n) is 3.84. The van der Waals surface area contributed by atoms with Crippen molar-refractivity contribution >= 4 is 23.7 Å². The lowest BCUT2D eigenvalue weighted by Gasteiger charge is -2.09. The second-order valence-corrected chi connectivity index (χ2v) is 6.08. The van der Waals surface area contributed by atoms with Crippen LogP contribution in [0, 0.1) is 0 Å². The molecule has 2 aromatic carbocycles. The van der Waals surface area contributed by atoms with E-state index in [2.05, 4.69) is 20.7 Å². The monoisotopic (exact) mass is 400 g/mol. The van der Waals surface area contributed by atoms with E-state index >= 15 is 0 Å². The molecular weight excluding hydrogens is 384 g/mol. The van der Waals surface area contributed by atoms with Crippen molar-refractivity contribution in [2.45, 2.75) is 0 Å². The normalized spacial score (nSPS) is 10.8. The number of hydrogen-bond acceptors (Lipinski definition) is 6. The van der Waals surface area contributed by atoms with Crippen LogP contribution in [-0.4, -0.2) is 41.6 Å². The van der Waals surface area contributed by atoms with E-state index in [-0.39, 0.29) is 22.9 Å². The molecule has 0 bridgehead atoms. The number of halogens is 1. The number of aromatic nitrogens is 2. The van der Waals surface area contributed by atoms with E-state index in [1.165, 1.54) is 20.4 Å². The van der Waals surface area contributed by atoms with Crippen molar-refractivity contribution in [3.63, 3.8) is 0 Å². The van der Waals surface area contributed by atoms with Gasteiger partial charge < -0.3 is 14.6 Å². The summed E-state index contributed by atoms with van der Waals surface area (Å²) in [6.07, 6.45) is 1.40. The highest BCUT2D eigenvalue weighted by molar-refractivity contribution is 6.30. The number of rotatable bonds is 6. The second kappa shape index (κ2) is 8.45. The molecule has 0 atom stereocenters. The van der Waals surface area contributed by atoms with Crippen molar-refractivity contribution in [1.29, 1.82) is 0 Å². The molecule has 1 aromatic heterocycles. The van der Waals surface area contributed by atoms with Gasteiger partial charge in [-0.1, -0.05) is 23.7 Å². The summed E-state index contributed by atoms with van der Waals surface area (Å²) < 4.78 is 10.2. The molecule has 1 amide bonds. The molecule has 8 nitrogen and oxygen atoms in total. The van der Waals surface area contributed by atoms with Gasteiger partial charge >= 0.3 is 0 Å². The number of carbonyl (C=O) groups is 1. The Hall–Kier alpha value is -3.52. The van der Waals surface area contributed by atoms with Gasteiger partial charge in [0.15, 0.2) is 11.5 Å². The maximum atomic E-state index is 12.2. The van der Waals surface area contributed by atoms with Crippen molar-refractivity contribution in [3.8, 4) is 28.5 Å². The van der Waals surface area contributed by atoms with Crippen LogP contribution in [-0.2, 0) is 0 Å². The summed E-state index contributed by atoms with van der Waals surface area (Å²) in [5.41, 5.74) is 4.66. The first-order chi connectivity index (χ1) is 13.5. The van der Waals surface area contributed by atoms with Crippen molar-refractivity contribution in [2.24, 2.45) is 5.10 Å². The highest BCUT2D eigenvalue weighted by atomic mass is 35.5. The van der Waals surface area contributed by atoms with Crippen LogP contribution in [0.4, 0.5) is 0 Å². The number of nitrogens with zero attached hydrogens (tertiary/aromatic N) is 2. The van der Waals surface area contributed by atoms with Gasteiger partial charge in [-0.3, -0.25) is 9.89 Å². The molecule has 3 N–H and O–H groups in total. The Bertz CT molecular complexity index is 990. The van der Waals surface area contributed by atoms with Gasteiger partial charge in [0.25, 0.3) is 5.91 Å². The lowest BCUT2D eigenvalue weighted by Crippen LogP contribution is -2.18. The van der Waals surface area contributed by atoms with Crippen LogP contribution in [0.15, 0.2) is 47.6 Å². The summed E-state index contributed by atoms with van der Waals surface area (Å²) in [6.45, 7) is 0. The maximum absolute atomic E-state index is 12.2. The minimum atomic E-state index is -0.457. The van der Waals surface area contributed by atoms with E-state index in [0.29, 0.717) is 16.3 Å². The van der Waals surface area contributed by atoms with Gasteiger partial charge in [0.05, 0.1) is 26.1 Å². The van der Waals surface area contributed by atoms with E-state index in [1.807, 2.05) is 12.1 Å². The number of benzene rings is 2. The quantitative estimate of drug-likeness (QED) is 0.435. The Balaban J connectivity index is 1.70. The molecular formula is C19H17ClN4O4. The van der Waals surface area contributed by atoms with Gasteiger partial charge in [0, 0.05) is 16.1 Å². The van der Waals surface area contributed by atoms with Crippen LogP contribution in [0.5, 0.6) is 17.2 Å². The number of hydrogen-bond donors (Lipinski definition) is 3. The minimum Gasteiger partial charge on any atom is -0.502 e. The van der Waals surface area contributed by atoms with Crippen molar-refractivity contribution in [3.05, 3.63) is 58.7 Å². The zero-order valence-corrected chi connectivity index (χ0v) is 15.8. The van der Waals surface area contributed by atoms with E-state index in [4.69, 9.17) is 21.1 Å². The molecule has 3 aromatic rings. The number of aromatic hydroxyl groups is 1. The summed E-state index contributed by atoms with van der Waals surface area (Å²) in [5, 5.41) is 21.2. The molecule has 28 heavy (non-hydrogen) atoms. The predicted molar refractivity (Wildman–Crippen MR) is 105 cm³/mol. The number of phenols is 1. The van der Waals surface area contributed by atoms with E-state index < -0.39 is 5.91 Å². The van der Waals surface area contributed by atoms with Gasteiger partial charge in [-0.2, -0.15) is 10.2 Å². The summed E-state index contributed by atoms with van der Waals surface area (Å²) in [4.78, 5) is 12.2. The Morgan fingerprint density at radius 2 is 1.82 bits per heavy atom. The molecule has 9 heteroatoms. The Morgan fingerprint density at radius 1 is 1.18 bits per heavy atom. The smallest absolute Gasteiger partial charge is 0.289 e. The molecule has 0 unspecified atom stereocenters. The van der Waals surface area contributed by atoms with Crippen LogP contribution < -0.4 is 14.9 Å². The number of methoxy groups -OCH3 is 2. The van der Waals surface area contributed by atoms with Crippen LogP contribution >= 0.6 is 11.6 Å². The Morgan fingerprint density at radius 3 is 2.43 bits per heavy atom. The van der Waals surface area contributed by atoms with E-state index in [1.54, 1.807) is 30.3 Å². The molecule has 0 aliphatic heterocycles. The standard InChI is InChI=1S/C19H17ClN4O4/c1-27-16-7-11(8-17(28-2)18(16)25)10-21-24-19(26)15-9-14(22-23-15)12-3-5-13(20)6-4-12/h3-10,25H,1-2H3,(H,22,23)(H,24,26)/b21-10+. The first-order valence-corrected chi connectivity index (χ1v) is 8.49. The average Bonchev–Trinajstić information content (AvgIpc) is 3.19. The van der Waals surface area contributed by atoms with Gasteiger partial charge in [-0.25, -0.2) is 5.43 Å². The highest BCUT2D eigenvalue weighted by Gasteiger charge is 2.12. The van der Waals surface area contributed by atoms with Crippen LogP contribution in [0.3, 0.4) is 0 Å². The molecule has 0 radical (unpaired) electrons.